The maximum absolute atomic E-state index is 13.4. The van der Waals surface area contributed by atoms with E-state index in [-0.39, 0.29) is 30.6 Å². The summed E-state index contributed by atoms with van der Waals surface area (Å²) in [6.45, 7) is 4.86. The number of nitrogens with one attached hydrogen (secondary N) is 2. The normalized spacial score (nSPS) is 12.6. The van der Waals surface area contributed by atoms with Gasteiger partial charge in [-0.15, -0.1) is 0 Å². The van der Waals surface area contributed by atoms with Crippen molar-refractivity contribution in [3.8, 4) is 0 Å². The Morgan fingerprint density at radius 1 is 0.973 bits per heavy atom. The first kappa shape index (κ1) is 24.0. The molecule has 8 nitrogen and oxygen atoms in total. The second-order valence-corrected chi connectivity index (χ2v) is 8.95. The topological polar surface area (TPSA) is 100 Å². The van der Waals surface area contributed by atoms with Crippen LogP contribution in [0, 0.1) is 0 Å². The van der Waals surface area contributed by atoms with Crippen LogP contribution in [0.3, 0.4) is 0 Å². The number of ketones is 1. The van der Waals surface area contributed by atoms with Crippen LogP contribution in [-0.2, 0) is 30.7 Å². The third kappa shape index (κ3) is 5.28. The van der Waals surface area contributed by atoms with Gasteiger partial charge in [0.25, 0.3) is 11.8 Å². The minimum Gasteiger partial charge on any atom is -0.357 e. The van der Waals surface area contributed by atoms with Crippen molar-refractivity contribution in [2.75, 3.05) is 11.9 Å². The van der Waals surface area contributed by atoms with E-state index in [9.17, 15) is 14.4 Å². The number of anilines is 1. The minimum atomic E-state index is -0.341. The number of rotatable bonds is 8. The molecule has 2 amide bonds. The van der Waals surface area contributed by atoms with Gasteiger partial charge in [-0.2, -0.15) is 0 Å². The SMILES string of the molecule is C=CC(=O)Cc1ccc(NC(=O)c2nc(Cc3ccccc3)n3c2CN(C(=O)c2ccc[nH]2)CC3)cc1. The van der Waals surface area contributed by atoms with Gasteiger partial charge >= 0.3 is 0 Å². The first-order chi connectivity index (χ1) is 18.0. The van der Waals surface area contributed by atoms with Crippen LogP contribution in [0.4, 0.5) is 5.69 Å². The molecule has 2 aromatic carbocycles. The fourth-order valence-electron chi connectivity index (χ4n) is 4.51. The molecule has 0 spiro atoms. The Labute approximate surface area is 214 Å². The second kappa shape index (κ2) is 10.5. The molecule has 5 rings (SSSR count). The molecule has 1 aliphatic rings. The highest BCUT2D eigenvalue weighted by Gasteiger charge is 2.30. The number of nitrogens with zero attached hydrogens (tertiary/aromatic N) is 3. The maximum Gasteiger partial charge on any atom is 0.276 e. The number of allylic oxidation sites excluding steroid dienone is 1. The third-order valence-corrected chi connectivity index (χ3v) is 6.44. The summed E-state index contributed by atoms with van der Waals surface area (Å²) in [6.07, 6.45) is 3.86. The molecule has 0 unspecified atom stereocenters. The van der Waals surface area contributed by atoms with E-state index in [0.717, 1.165) is 17.0 Å². The van der Waals surface area contributed by atoms with Crippen LogP contribution in [-0.4, -0.2) is 43.6 Å². The Morgan fingerprint density at radius 2 is 1.76 bits per heavy atom. The monoisotopic (exact) mass is 493 g/mol. The molecule has 0 saturated heterocycles. The van der Waals surface area contributed by atoms with Gasteiger partial charge < -0.3 is 19.8 Å². The number of aromatic nitrogens is 3. The molecule has 8 heteroatoms. The molecule has 2 N–H and O–H groups in total. The lowest BCUT2D eigenvalue weighted by molar-refractivity contribution is -0.114. The summed E-state index contributed by atoms with van der Waals surface area (Å²) in [5.74, 6) is 0.271. The number of hydrogen-bond donors (Lipinski definition) is 2. The van der Waals surface area contributed by atoms with Crippen LogP contribution in [0.2, 0.25) is 0 Å². The summed E-state index contributed by atoms with van der Waals surface area (Å²) in [5, 5.41) is 2.92. The van der Waals surface area contributed by atoms with Gasteiger partial charge in [0, 0.05) is 37.8 Å². The lowest BCUT2D eigenvalue weighted by Crippen LogP contribution is -2.39. The first-order valence-electron chi connectivity index (χ1n) is 12.1. The van der Waals surface area contributed by atoms with Crippen LogP contribution in [0.25, 0.3) is 0 Å². The summed E-state index contributed by atoms with van der Waals surface area (Å²) in [5.41, 5.74) is 4.06. The lowest BCUT2D eigenvalue weighted by Gasteiger charge is -2.29. The molecule has 0 radical (unpaired) electrons. The summed E-state index contributed by atoms with van der Waals surface area (Å²) in [6, 6.07) is 20.6. The molecule has 4 aromatic rings. The van der Waals surface area contributed by atoms with Gasteiger partial charge in [-0.05, 0) is 41.5 Å². The van der Waals surface area contributed by atoms with Crippen LogP contribution >= 0.6 is 0 Å². The van der Waals surface area contributed by atoms with Crippen LogP contribution in [0.15, 0.2) is 85.6 Å². The van der Waals surface area contributed by atoms with Crippen molar-refractivity contribution in [2.24, 2.45) is 0 Å². The molecule has 3 heterocycles. The standard InChI is InChI=1S/C29H27N5O3/c1-2-23(35)17-21-10-12-22(13-11-21)31-28(36)27-25-19-33(29(37)24-9-6-14-30-24)15-16-34(25)26(32-27)18-20-7-4-3-5-8-20/h2-14,30H,1,15-19H2,(H,31,36). The summed E-state index contributed by atoms with van der Waals surface area (Å²) in [7, 11) is 0. The molecular formula is C29H27N5O3. The van der Waals surface area contributed by atoms with E-state index in [0.29, 0.717) is 42.3 Å². The number of carbonyl (C=O) groups excluding carboxylic acids is 3. The summed E-state index contributed by atoms with van der Waals surface area (Å²) in [4.78, 5) is 47.5. The van der Waals surface area contributed by atoms with Crippen molar-refractivity contribution in [3.05, 3.63) is 120 Å². The van der Waals surface area contributed by atoms with Gasteiger partial charge in [-0.3, -0.25) is 14.4 Å². The van der Waals surface area contributed by atoms with E-state index in [2.05, 4.69) is 21.4 Å². The highest BCUT2D eigenvalue weighted by Crippen LogP contribution is 2.24. The summed E-state index contributed by atoms with van der Waals surface area (Å²) < 4.78 is 2.06. The fourth-order valence-corrected chi connectivity index (χ4v) is 4.51. The van der Waals surface area contributed by atoms with Crippen molar-refractivity contribution in [2.45, 2.75) is 25.9 Å². The molecule has 0 fully saturated rings. The Hall–Kier alpha value is -4.72. The number of H-pyrrole nitrogens is 1. The second-order valence-electron chi connectivity index (χ2n) is 8.95. The molecule has 0 saturated carbocycles. The molecule has 0 atom stereocenters. The Balaban J connectivity index is 1.41. The maximum atomic E-state index is 13.4. The van der Waals surface area contributed by atoms with Crippen LogP contribution in [0.5, 0.6) is 0 Å². The van der Waals surface area contributed by atoms with Gasteiger partial charge in [0.1, 0.15) is 11.5 Å². The molecule has 2 aromatic heterocycles. The molecule has 186 valence electrons. The lowest BCUT2D eigenvalue weighted by atomic mass is 10.1. The molecule has 0 bridgehead atoms. The van der Waals surface area contributed by atoms with Crippen molar-refractivity contribution < 1.29 is 14.4 Å². The molecule has 0 aliphatic carbocycles. The summed E-state index contributed by atoms with van der Waals surface area (Å²) >= 11 is 0. The average molecular weight is 494 g/mol. The number of carbonyl (C=O) groups is 3. The molecular weight excluding hydrogens is 466 g/mol. The van der Waals surface area contributed by atoms with E-state index in [1.165, 1.54) is 6.08 Å². The van der Waals surface area contributed by atoms with E-state index in [1.807, 2.05) is 30.3 Å². The Kier molecular flexibility index (Phi) is 6.81. The van der Waals surface area contributed by atoms with Gasteiger partial charge in [-0.25, -0.2) is 4.98 Å². The van der Waals surface area contributed by atoms with E-state index in [4.69, 9.17) is 4.98 Å². The van der Waals surface area contributed by atoms with Crippen molar-refractivity contribution in [1.29, 1.82) is 0 Å². The largest absolute Gasteiger partial charge is 0.357 e. The van der Waals surface area contributed by atoms with Gasteiger partial charge in [-0.1, -0.05) is 49.0 Å². The zero-order chi connectivity index (χ0) is 25.8. The van der Waals surface area contributed by atoms with Gasteiger partial charge in [0.15, 0.2) is 11.5 Å². The van der Waals surface area contributed by atoms with Crippen LogP contribution in [0.1, 0.15) is 43.6 Å². The number of fused-ring (bicyclic) bond motifs is 1. The smallest absolute Gasteiger partial charge is 0.276 e. The number of hydrogen-bond acceptors (Lipinski definition) is 4. The van der Waals surface area contributed by atoms with Gasteiger partial charge in [0.2, 0.25) is 0 Å². The molecule has 37 heavy (non-hydrogen) atoms. The molecule has 1 aliphatic heterocycles. The first-order valence-corrected chi connectivity index (χ1v) is 12.1. The quantitative estimate of drug-likeness (QED) is 0.362. The fraction of sp³-hybridized carbons (Fsp3) is 0.172. The Bertz CT molecular complexity index is 1440. The third-order valence-electron chi connectivity index (χ3n) is 6.44. The van der Waals surface area contributed by atoms with Crippen molar-refractivity contribution in [1.82, 2.24) is 19.4 Å². The number of amides is 2. The van der Waals surface area contributed by atoms with Crippen molar-refractivity contribution in [3.63, 3.8) is 0 Å². The van der Waals surface area contributed by atoms with Crippen LogP contribution < -0.4 is 5.32 Å². The van der Waals surface area contributed by atoms with E-state index in [1.54, 1.807) is 47.5 Å². The highest BCUT2D eigenvalue weighted by molar-refractivity contribution is 6.04. The van der Waals surface area contributed by atoms with Crippen molar-refractivity contribution >= 4 is 23.3 Å². The number of imidazole rings is 1. The van der Waals surface area contributed by atoms with E-state index >= 15 is 0 Å². The van der Waals surface area contributed by atoms with E-state index < -0.39 is 0 Å². The number of benzene rings is 2. The highest BCUT2D eigenvalue weighted by atomic mass is 16.2. The number of aromatic amines is 1. The zero-order valence-corrected chi connectivity index (χ0v) is 20.3. The predicted octanol–water partition coefficient (Wildman–Crippen LogP) is 4.01. The Morgan fingerprint density at radius 3 is 2.46 bits per heavy atom. The predicted molar refractivity (Wildman–Crippen MR) is 140 cm³/mol. The minimum absolute atomic E-state index is 0.0641. The average Bonchev–Trinajstić information content (AvgIpc) is 3.58. The van der Waals surface area contributed by atoms with Gasteiger partial charge in [0.05, 0.1) is 12.2 Å². The zero-order valence-electron chi connectivity index (χ0n) is 20.3.